The van der Waals surface area contributed by atoms with Crippen LogP contribution < -0.4 is 5.73 Å². The fourth-order valence-corrected chi connectivity index (χ4v) is 2.81. The molecule has 0 aliphatic heterocycles. The number of halogens is 1. The van der Waals surface area contributed by atoms with Gasteiger partial charge in [0.2, 0.25) is 0 Å². The summed E-state index contributed by atoms with van der Waals surface area (Å²) in [6.45, 7) is 2.32. The molecule has 18 heavy (non-hydrogen) atoms. The quantitative estimate of drug-likeness (QED) is 0.908. The van der Waals surface area contributed by atoms with Crippen molar-refractivity contribution >= 4 is 22.9 Å². The first-order chi connectivity index (χ1) is 8.69. The monoisotopic (exact) mass is 280 g/mol. The molecule has 1 heterocycles. The predicted octanol–water partition coefficient (Wildman–Crippen LogP) is 3.49. The van der Waals surface area contributed by atoms with Crippen molar-refractivity contribution in [3.8, 4) is 0 Å². The molecule has 1 aromatic carbocycles. The van der Waals surface area contributed by atoms with Crippen LogP contribution in [0.15, 0.2) is 35.0 Å². The van der Waals surface area contributed by atoms with Gasteiger partial charge in [-0.15, -0.1) is 0 Å². The Kier molecular flexibility index (Phi) is 4.78. The molecule has 2 N–H and O–H groups in total. The van der Waals surface area contributed by atoms with E-state index in [1.807, 2.05) is 12.1 Å². The van der Waals surface area contributed by atoms with Crippen molar-refractivity contribution in [1.82, 2.24) is 4.90 Å². The fourth-order valence-electron chi connectivity index (χ4n) is 1.89. The molecule has 0 unspecified atom stereocenters. The zero-order valence-electron chi connectivity index (χ0n) is 10.4. The van der Waals surface area contributed by atoms with Crippen LogP contribution in [0.2, 0.25) is 5.02 Å². The molecular formula is C14H17ClN2S. The van der Waals surface area contributed by atoms with Crippen LogP contribution in [0.1, 0.15) is 16.7 Å². The van der Waals surface area contributed by atoms with Crippen LogP contribution in [0.3, 0.4) is 0 Å². The van der Waals surface area contributed by atoms with E-state index in [1.165, 1.54) is 5.56 Å². The second kappa shape index (κ2) is 6.34. The third-order valence-corrected chi connectivity index (χ3v) is 3.91. The molecule has 0 bridgehead atoms. The lowest BCUT2D eigenvalue weighted by Crippen LogP contribution is -2.17. The van der Waals surface area contributed by atoms with Gasteiger partial charge in [-0.3, -0.25) is 4.90 Å². The van der Waals surface area contributed by atoms with Crippen LogP contribution in [0, 0.1) is 0 Å². The summed E-state index contributed by atoms with van der Waals surface area (Å²) in [5.74, 6) is 0. The van der Waals surface area contributed by atoms with Crippen LogP contribution in [-0.4, -0.2) is 11.9 Å². The number of thiophene rings is 1. The van der Waals surface area contributed by atoms with Crippen molar-refractivity contribution in [2.24, 2.45) is 5.73 Å². The van der Waals surface area contributed by atoms with Crippen molar-refractivity contribution in [3.63, 3.8) is 0 Å². The zero-order chi connectivity index (χ0) is 13.0. The number of hydrogen-bond donors (Lipinski definition) is 1. The van der Waals surface area contributed by atoms with E-state index in [9.17, 15) is 0 Å². The topological polar surface area (TPSA) is 29.3 Å². The number of benzene rings is 1. The van der Waals surface area contributed by atoms with Gasteiger partial charge in [-0.2, -0.15) is 11.3 Å². The molecule has 0 saturated heterocycles. The Morgan fingerprint density at radius 3 is 2.67 bits per heavy atom. The summed E-state index contributed by atoms with van der Waals surface area (Å²) in [7, 11) is 2.10. The first-order valence-corrected chi connectivity index (χ1v) is 7.18. The van der Waals surface area contributed by atoms with Crippen molar-refractivity contribution < 1.29 is 0 Å². The van der Waals surface area contributed by atoms with Crippen LogP contribution in [0.4, 0.5) is 0 Å². The summed E-state index contributed by atoms with van der Waals surface area (Å²) in [5, 5.41) is 5.08. The molecule has 0 saturated carbocycles. The summed E-state index contributed by atoms with van der Waals surface area (Å²) in [6.07, 6.45) is 0. The Bertz CT molecular complexity index is 497. The number of hydrogen-bond acceptors (Lipinski definition) is 3. The SMILES string of the molecule is CN(Cc1ccsc1)Cc1ccc(CN)cc1Cl. The highest BCUT2D eigenvalue weighted by atomic mass is 35.5. The largest absolute Gasteiger partial charge is 0.326 e. The first-order valence-electron chi connectivity index (χ1n) is 5.86. The lowest BCUT2D eigenvalue weighted by atomic mass is 10.1. The van der Waals surface area contributed by atoms with Gasteiger partial charge < -0.3 is 5.73 Å². The van der Waals surface area contributed by atoms with Gasteiger partial charge >= 0.3 is 0 Å². The molecule has 1 aromatic heterocycles. The molecule has 2 rings (SSSR count). The first kappa shape index (κ1) is 13.6. The zero-order valence-corrected chi connectivity index (χ0v) is 12.0. The van der Waals surface area contributed by atoms with Gasteiger partial charge in [0, 0.05) is 24.7 Å². The number of nitrogens with zero attached hydrogens (tertiary/aromatic N) is 1. The van der Waals surface area contributed by atoms with Gasteiger partial charge in [0.05, 0.1) is 0 Å². The second-order valence-electron chi connectivity index (χ2n) is 4.43. The normalized spacial score (nSPS) is 11.1. The molecule has 0 fully saturated rings. The summed E-state index contributed by atoms with van der Waals surface area (Å²) in [5.41, 5.74) is 9.16. The molecule has 0 atom stereocenters. The smallest absolute Gasteiger partial charge is 0.0454 e. The van der Waals surface area contributed by atoms with E-state index in [0.29, 0.717) is 6.54 Å². The third-order valence-electron chi connectivity index (χ3n) is 2.83. The lowest BCUT2D eigenvalue weighted by molar-refractivity contribution is 0.319. The Balaban J connectivity index is 2.00. The van der Waals surface area contributed by atoms with E-state index < -0.39 is 0 Å². The van der Waals surface area contributed by atoms with Gasteiger partial charge in [0.1, 0.15) is 0 Å². The van der Waals surface area contributed by atoms with E-state index in [0.717, 1.165) is 29.2 Å². The molecule has 4 heteroatoms. The second-order valence-corrected chi connectivity index (χ2v) is 5.62. The highest BCUT2D eigenvalue weighted by Crippen LogP contribution is 2.20. The summed E-state index contributed by atoms with van der Waals surface area (Å²) in [4.78, 5) is 2.26. The van der Waals surface area contributed by atoms with Crippen molar-refractivity contribution in [1.29, 1.82) is 0 Å². The molecular weight excluding hydrogens is 264 g/mol. The van der Waals surface area contributed by atoms with Crippen molar-refractivity contribution in [2.45, 2.75) is 19.6 Å². The number of rotatable bonds is 5. The molecule has 0 spiro atoms. The Hall–Kier alpha value is -0.870. The van der Waals surface area contributed by atoms with Crippen molar-refractivity contribution in [3.05, 3.63) is 56.7 Å². The van der Waals surface area contributed by atoms with E-state index in [-0.39, 0.29) is 0 Å². The maximum Gasteiger partial charge on any atom is 0.0454 e. The minimum atomic E-state index is 0.532. The Morgan fingerprint density at radius 1 is 1.22 bits per heavy atom. The van der Waals surface area contributed by atoms with E-state index in [4.69, 9.17) is 17.3 Å². The molecule has 0 radical (unpaired) electrons. The Labute approximate surface area is 117 Å². The summed E-state index contributed by atoms with van der Waals surface area (Å²) >= 11 is 7.98. The van der Waals surface area contributed by atoms with Crippen LogP contribution in [0.25, 0.3) is 0 Å². The van der Waals surface area contributed by atoms with Crippen LogP contribution in [-0.2, 0) is 19.6 Å². The van der Waals surface area contributed by atoms with Gasteiger partial charge in [0.15, 0.2) is 0 Å². The average molecular weight is 281 g/mol. The molecule has 2 aromatic rings. The highest BCUT2D eigenvalue weighted by molar-refractivity contribution is 7.07. The van der Waals surface area contributed by atoms with Gasteiger partial charge in [0.25, 0.3) is 0 Å². The van der Waals surface area contributed by atoms with E-state index in [1.54, 1.807) is 11.3 Å². The third kappa shape index (κ3) is 3.56. The molecule has 0 amide bonds. The van der Waals surface area contributed by atoms with E-state index >= 15 is 0 Å². The fraction of sp³-hybridized carbons (Fsp3) is 0.286. The predicted molar refractivity (Wildman–Crippen MR) is 78.8 cm³/mol. The van der Waals surface area contributed by atoms with Gasteiger partial charge in [-0.1, -0.05) is 23.7 Å². The molecule has 0 aliphatic carbocycles. The maximum absolute atomic E-state index is 6.25. The minimum absolute atomic E-state index is 0.532. The van der Waals surface area contributed by atoms with Gasteiger partial charge in [-0.05, 0) is 46.6 Å². The lowest BCUT2D eigenvalue weighted by Gasteiger charge is -2.17. The highest BCUT2D eigenvalue weighted by Gasteiger charge is 2.06. The van der Waals surface area contributed by atoms with Crippen molar-refractivity contribution in [2.75, 3.05) is 7.05 Å². The maximum atomic E-state index is 6.25. The van der Waals surface area contributed by atoms with Crippen LogP contribution >= 0.6 is 22.9 Å². The average Bonchev–Trinajstić information content (AvgIpc) is 2.84. The summed E-state index contributed by atoms with van der Waals surface area (Å²) in [6, 6.07) is 8.21. The standard InChI is InChI=1S/C14H17ClN2S/c1-17(8-12-4-5-18-10-12)9-13-3-2-11(7-16)6-14(13)15/h2-6,10H,7-9,16H2,1H3. The minimum Gasteiger partial charge on any atom is -0.326 e. The Morgan fingerprint density at radius 2 is 2.06 bits per heavy atom. The molecule has 0 aliphatic rings. The molecule has 96 valence electrons. The number of nitrogens with two attached hydrogens (primary N) is 1. The van der Waals surface area contributed by atoms with Gasteiger partial charge in [-0.25, -0.2) is 0 Å². The molecule has 2 nitrogen and oxygen atoms in total. The van der Waals surface area contributed by atoms with Crippen LogP contribution in [0.5, 0.6) is 0 Å². The van der Waals surface area contributed by atoms with E-state index in [2.05, 4.69) is 34.8 Å². The summed E-state index contributed by atoms with van der Waals surface area (Å²) < 4.78 is 0.